The molecule has 26 heavy (non-hydrogen) atoms. The molecule has 2 N–H and O–H groups in total. The Morgan fingerprint density at radius 3 is 2.12 bits per heavy atom. The van der Waals surface area contributed by atoms with Crippen molar-refractivity contribution in [3.05, 3.63) is 71.8 Å². The zero-order chi connectivity index (χ0) is 18.4. The van der Waals surface area contributed by atoms with Crippen LogP contribution in [-0.4, -0.2) is 48.3 Å². The van der Waals surface area contributed by atoms with Gasteiger partial charge in [-0.15, -0.1) is 0 Å². The number of rotatable bonds is 6. The molecule has 3 rings (SSSR count). The predicted molar refractivity (Wildman–Crippen MR) is 101 cm³/mol. The van der Waals surface area contributed by atoms with Crippen molar-refractivity contribution in [3.8, 4) is 0 Å². The quantitative estimate of drug-likeness (QED) is 0.836. The molecule has 0 aliphatic carbocycles. The van der Waals surface area contributed by atoms with Crippen molar-refractivity contribution in [2.75, 3.05) is 26.3 Å². The molecule has 0 aromatic heterocycles. The van der Waals surface area contributed by atoms with Gasteiger partial charge in [0.25, 0.3) is 5.91 Å². The standard InChI is InChI=1S/C21H26N2O3/c1-16(17-8-4-2-5-9-17)22-21(25)20(24)19(18-10-6-3-7-11-18)23-12-14-26-15-13-23/h2-11,16,19-20,24H,12-15H2,1H3,(H,22,25)/t16-,19+,20+/m0/s1. The van der Waals surface area contributed by atoms with Gasteiger partial charge in [-0.3, -0.25) is 9.69 Å². The van der Waals surface area contributed by atoms with Crippen LogP contribution < -0.4 is 5.32 Å². The van der Waals surface area contributed by atoms with Crippen LogP contribution in [-0.2, 0) is 9.53 Å². The lowest BCUT2D eigenvalue weighted by molar-refractivity contribution is -0.135. The Hall–Kier alpha value is -2.21. The highest BCUT2D eigenvalue weighted by atomic mass is 16.5. The van der Waals surface area contributed by atoms with Gasteiger partial charge in [-0.05, 0) is 18.1 Å². The van der Waals surface area contributed by atoms with E-state index in [0.29, 0.717) is 26.3 Å². The minimum Gasteiger partial charge on any atom is -0.381 e. The zero-order valence-corrected chi connectivity index (χ0v) is 15.0. The topological polar surface area (TPSA) is 61.8 Å². The first-order valence-corrected chi connectivity index (χ1v) is 9.07. The molecule has 5 nitrogen and oxygen atoms in total. The SMILES string of the molecule is C[C@H](NC(=O)[C@H](O)[C@@H](c1ccccc1)N1CCOCC1)c1ccccc1. The van der Waals surface area contributed by atoms with Crippen molar-refractivity contribution in [2.45, 2.75) is 25.1 Å². The molecule has 1 saturated heterocycles. The normalized spacial score (nSPS) is 18.7. The lowest BCUT2D eigenvalue weighted by Gasteiger charge is -2.37. The van der Waals surface area contributed by atoms with E-state index in [4.69, 9.17) is 4.74 Å². The molecule has 3 atom stereocenters. The molecule has 5 heteroatoms. The summed E-state index contributed by atoms with van der Waals surface area (Å²) in [5.74, 6) is -0.360. The van der Waals surface area contributed by atoms with Crippen molar-refractivity contribution in [2.24, 2.45) is 0 Å². The van der Waals surface area contributed by atoms with Gasteiger partial charge in [0.15, 0.2) is 6.10 Å². The fourth-order valence-electron chi connectivity index (χ4n) is 3.37. The lowest BCUT2D eigenvalue weighted by atomic mass is 9.98. The summed E-state index contributed by atoms with van der Waals surface area (Å²) < 4.78 is 5.42. The number of carbonyl (C=O) groups is 1. The molecular weight excluding hydrogens is 328 g/mol. The Labute approximate surface area is 154 Å². The van der Waals surface area contributed by atoms with Gasteiger partial charge in [0, 0.05) is 13.1 Å². The second-order valence-electron chi connectivity index (χ2n) is 6.59. The number of carbonyl (C=O) groups excluding carboxylic acids is 1. The molecule has 0 unspecified atom stereocenters. The van der Waals surface area contributed by atoms with Gasteiger partial charge < -0.3 is 15.2 Å². The Morgan fingerprint density at radius 2 is 1.54 bits per heavy atom. The van der Waals surface area contributed by atoms with Crippen LogP contribution >= 0.6 is 0 Å². The van der Waals surface area contributed by atoms with E-state index in [-0.39, 0.29) is 18.0 Å². The van der Waals surface area contributed by atoms with Gasteiger partial charge in [0.1, 0.15) is 0 Å². The molecule has 2 aromatic carbocycles. The Morgan fingerprint density at radius 1 is 1.00 bits per heavy atom. The van der Waals surface area contributed by atoms with E-state index in [1.165, 1.54) is 0 Å². The third-order valence-electron chi connectivity index (χ3n) is 4.81. The molecule has 1 heterocycles. The summed E-state index contributed by atoms with van der Waals surface area (Å²) in [7, 11) is 0. The summed E-state index contributed by atoms with van der Waals surface area (Å²) in [6, 6.07) is 18.9. The van der Waals surface area contributed by atoms with E-state index in [1.54, 1.807) is 0 Å². The molecule has 138 valence electrons. The number of aliphatic hydroxyl groups excluding tert-OH is 1. The third-order valence-corrected chi connectivity index (χ3v) is 4.81. The molecule has 2 aromatic rings. The van der Waals surface area contributed by atoms with Gasteiger partial charge in [0.05, 0.1) is 25.3 Å². The molecule has 1 amide bonds. The van der Waals surface area contributed by atoms with Crippen molar-refractivity contribution in [3.63, 3.8) is 0 Å². The van der Waals surface area contributed by atoms with Crippen molar-refractivity contribution in [1.29, 1.82) is 0 Å². The smallest absolute Gasteiger partial charge is 0.251 e. The maximum absolute atomic E-state index is 12.8. The summed E-state index contributed by atoms with van der Waals surface area (Å²) in [6.07, 6.45) is -1.15. The molecule has 1 aliphatic rings. The van der Waals surface area contributed by atoms with Gasteiger partial charge >= 0.3 is 0 Å². The molecular formula is C21H26N2O3. The lowest BCUT2D eigenvalue weighted by Crippen LogP contribution is -2.49. The second-order valence-corrected chi connectivity index (χ2v) is 6.59. The van der Waals surface area contributed by atoms with Crippen LogP contribution in [0.4, 0.5) is 0 Å². The first kappa shape index (κ1) is 18.6. The Balaban J connectivity index is 1.75. The number of nitrogens with one attached hydrogen (secondary N) is 1. The highest BCUT2D eigenvalue weighted by Gasteiger charge is 2.33. The maximum Gasteiger partial charge on any atom is 0.251 e. The first-order valence-electron chi connectivity index (χ1n) is 9.07. The largest absolute Gasteiger partial charge is 0.381 e. The van der Waals surface area contributed by atoms with E-state index >= 15 is 0 Å². The molecule has 0 spiro atoms. The zero-order valence-electron chi connectivity index (χ0n) is 15.0. The number of hydrogen-bond donors (Lipinski definition) is 2. The first-order chi connectivity index (χ1) is 12.7. The maximum atomic E-state index is 12.8. The van der Waals surface area contributed by atoms with E-state index in [1.807, 2.05) is 67.6 Å². The van der Waals surface area contributed by atoms with Crippen LogP contribution in [0.5, 0.6) is 0 Å². The highest BCUT2D eigenvalue weighted by molar-refractivity contribution is 5.82. The van der Waals surface area contributed by atoms with Crippen LogP contribution in [0.2, 0.25) is 0 Å². The van der Waals surface area contributed by atoms with Gasteiger partial charge in [0.2, 0.25) is 0 Å². The fraction of sp³-hybridized carbons (Fsp3) is 0.381. The minimum atomic E-state index is -1.15. The summed E-state index contributed by atoms with van der Waals surface area (Å²) in [4.78, 5) is 14.9. The van der Waals surface area contributed by atoms with E-state index in [2.05, 4.69) is 10.2 Å². The highest BCUT2D eigenvalue weighted by Crippen LogP contribution is 2.26. The number of hydrogen-bond acceptors (Lipinski definition) is 4. The second kappa shape index (κ2) is 8.94. The van der Waals surface area contributed by atoms with E-state index in [0.717, 1.165) is 11.1 Å². The monoisotopic (exact) mass is 354 g/mol. The third kappa shape index (κ3) is 4.49. The molecule has 0 saturated carbocycles. The number of amides is 1. The van der Waals surface area contributed by atoms with Crippen molar-refractivity contribution >= 4 is 5.91 Å². The Bertz CT molecular complexity index is 687. The van der Waals surface area contributed by atoms with Gasteiger partial charge in [-0.25, -0.2) is 0 Å². The van der Waals surface area contributed by atoms with Crippen LogP contribution in [0.1, 0.15) is 30.1 Å². The molecule has 0 radical (unpaired) electrons. The summed E-state index contributed by atoms with van der Waals surface area (Å²) in [6.45, 7) is 4.53. The van der Waals surface area contributed by atoms with Crippen LogP contribution in [0.3, 0.4) is 0 Å². The number of morpholine rings is 1. The van der Waals surface area contributed by atoms with Crippen LogP contribution in [0.25, 0.3) is 0 Å². The average molecular weight is 354 g/mol. The average Bonchev–Trinajstić information content (AvgIpc) is 2.70. The van der Waals surface area contributed by atoms with Crippen molar-refractivity contribution in [1.82, 2.24) is 10.2 Å². The molecule has 1 aliphatic heterocycles. The van der Waals surface area contributed by atoms with Crippen LogP contribution in [0, 0.1) is 0 Å². The van der Waals surface area contributed by atoms with E-state index in [9.17, 15) is 9.90 Å². The number of aliphatic hydroxyl groups is 1. The number of nitrogens with zero attached hydrogens (tertiary/aromatic N) is 1. The molecule has 1 fully saturated rings. The van der Waals surface area contributed by atoms with Crippen LogP contribution in [0.15, 0.2) is 60.7 Å². The summed E-state index contributed by atoms with van der Waals surface area (Å²) >= 11 is 0. The summed E-state index contributed by atoms with van der Waals surface area (Å²) in [5.41, 5.74) is 1.94. The van der Waals surface area contributed by atoms with Gasteiger partial charge in [-0.2, -0.15) is 0 Å². The predicted octanol–water partition coefficient (Wildman–Crippen LogP) is 2.30. The molecule has 0 bridgehead atoms. The number of benzene rings is 2. The van der Waals surface area contributed by atoms with Gasteiger partial charge in [-0.1, -0.05) is 60.7 Å². The minimum absolute atomic E-state index is 0.167. The number of ether oxygens (including phenoxy) is 1. The Kier molecular flexibility index (Phi) is 6.39. The van der Waals surface area contributed by atoms with Crippen molar-refractivity contribution < 1.29 is 14.6 Å². The van der Waals surface area contributed by atoms with E-state index < -0.39 is 6.10 Å². The fourth-order valence-corrected chi connectivity index (χ4v) is 3.37. The summed E-state index contributed by atoms with van der Waals surface area (Å²) in [5, 5.41) is 13.8.